The lowest BCUT2D eigenvalue weighted by atomic mass is 10.1. The number of nitrogens with two attached hydrogens (primary N) is 1. The Hall–Kier alpha value is -0.610. The fourth-order valence-electron chi connectivity index (χ4n) is 0.841. The van der Waals surface area contributed by atoms with E-state index in [1.54, 1.807) is 0 Å². The molecular formula is C8H18N2O2. The summed E-state index contributed by atoms with van der Waals surface area (Å²) in [4.78, 5) is 10.5. The minimum absolute atomic E-state index is 0.0940. The Bertz CT molecular complexity index is 139. The van der Waals surface area contributed by atoms with E-state index >= 15 is 0 Å². The maximum absolute atomic E-state index is 10.5. The summed E-state index contributed by atoms with van der Waals surface area (Å²) in [5.74, 6) is -0.0769. The van der Waals surface area contributed by atoms with Gasteiger partial charge in [0.25, 0.3) is 0 Å². The number of hydrogen-bond donors (Lipinski definition) is 3. The van der Waals surface area contributed by atoms with Crippen LogP contribution in [0.25, 0.3) is 0 Å². The number of aliphatic hydroxyl groups excluding tert-OH is 1. The summed E-state index contributed by atoms with van der Waals surface area (Å²) in [7, 11) is 0. The zero-order chi connectivity index (χ0) is 9.56. The largest absolute Gasteiger partial charge is 0.396 e. The lowest BCUT2D eigenvalue weighted by Crippen LogP contribution is -2.34. The molecule has 72 valence electrons. The zero-order valence-electron chi connectivity index (χ0n) is 7.71. The first-order valence-electron chi connectivity index (χ1n) is 4.18. The predicted molar refractivity (Wildman–Crippen MR) is 47.5 cm³/mol. The Balaban J connectivity index is 3.43. The first-order chi connectivity index (χ1) is 5.56. The average molecular weight is 174 g/mol. The monoisotopic (exact) mass is 174 g/mol. The minimum Gasteiger partial charge on any atom is -0.396 e. The van der Waals surface area contributed by atoms with Gasteiger partial charge in [0.2, 0.25) is 5.91 Å². The number of rotatable bonds is 6. The molecule has 4 heteroatoms. The van der Waals surface area contributed by atoms with E-state index in [9.17, 15) is 4.79 Å². The van der Waals surface area contributed by atoms with E-state index in [0.717, 1.165) is 0 Å². The molecule has 2 atom stereocenters. The summed E-state index contributed by atoms with van der Waals surface area (Å²) in [6.07, 6.45) is 0.345. The van der Waals surface area contributed by atoms with Crippen molar-refractivity contribution >= 4 is 5.91 Å². The van der Waals surface area contributed by atoms with Gasteiger partial charge in [-0.25, -0.2) is 0 Å². The van der Waals surface area contributed by atoms with Crippen LogP contribution in [-0.2, 0) is 4.79 Å². The van der Waals surface area contributed by atoms with Crippen molar-refractivity contribution in [3.63, 3.8) is 0 Å². The topological polar surface area (TPSA) is 75.3 Å². The van der Waals surface area contributed by atoms with Gasteiger partial charge in [-0.3, -0.25) is 4.79 Å². The van der Waals surface area contributed by atoms with Crippen LogP contribution < -0.4 is 11.1 Å². The molecule has 2 unspecified atom stereocenters. The van der Waals surface area contributed by atoms with Gasteiger partial charge in [-0.2, -0.15) is 0 Å². The second-order valence-electron chi connectivity index (χ2n) is 3.27. The highest BCUT2D eigenvalue weighted by Crippen LogP contribution is 1.93. The first kappa shape index (κ1) is 11.4. The van der Waals surface area contributed by atoms with Crippen LogP contribution in [0, 0.1) is 5.92 Å². The summed E-state index contributed by atoms with van der Waals surface area (Å²) < 4.78 is 0. The summed E-state index contributed by atoms with van der Waals surface area (Å²) in [6.45, 7) is 4.71. The lowest BCUT2D eigenvalue weighted by molar-refractivity contribution is -0.118. The number of aliphatic hydroxyl groups is 1. The molecular weight excluding hydrogens is 156 g/mol. The maximum atomic E-state index is 10.5. The second kappa shape index (κ2) is 5.97. The summed E-state index contributed by atoms with van der Waals surface area (Å²) >= 11 is 0. The van der Waals surface area contributed by atoms with Crippen LogP contribution >= 0.6 is 0 Å². The summed E-state index contributed by atoms with van der Waals surface area (Å²) in [5, 5.41) is 11.8. The molecule has 0 rings (SSSR count). The molecule has 1 amide bonds. The van der Waals surface area contributed by atoms with Crippen LogP contribution in [0.4, 0.5) is 0 Å². The van der Waals surface area contributed by atoms with Crippen LogP contribution in [0.15, 0.2) is 0 Å². The molecule has 0 spiro atoms. The van der Waals surface area contributed by atoms with E-state index in [0.29, 0.717) is 13.0 Å². The van der Waals surface area contributed by atoms with Crippen molar-refractivity contribution in [2.45, 2.75) is 26.3 Å². The van der Waals surface area contributed by atoms with Crippen molar-refractivity contribution < 1.29 is 9.90 Å². The SMILES string of the molecule is CC(CO)CNC(C)CC(N)=O. The Labute approximate surface area is 73.1 Å². The summed E-state index contributed by atoms with van der Waals surface area (Å²) in [5.41, 5.74) is 5.00. The van der Waals surface area contributed by atoms with E-state index in [1.165, 1.54) is 0 Å². The molecule has 0 aliphatic carbocycles. The molecule has 0 aromatic rings. The molecule has 0 bridgehead atoms. The molecule has 0 aromatic carbocycles. The number of hydrogen-bond acceptors (Lipinski definition) is 3. The van der Waals surface area contributed by atoms with E-state index in [2.05, 4.69) is 5.32 Å². The van der Waals surface area contributed by atoms with E-state index in [1.807, 2.05) is 13.8 Å². The molecule has 0 aliphatic rings. The Kier molecular flexibility index (Phi) is 5.66. The highest BCUT2D eigenvalue weighted by Gasteiger charge is 2.06. The van der Waals surface area contributed by atoms with Gasteiger partial charge in [-0.1, -0.05) is 6.92 Å². The van der Waals surface area contributed by atoms with E-state index in [4.69, 9.17) is 10.8 Å². The van der Waals surface area contributed by atoms with Gasteiger partial charge in [0, 0.05) is 25.6 Å². The third kappa shape index (κ3) is 6.12. The van der Waals surface area contributed by atoms with Gasteiger partial charge in [-0.05, 0) is 12.8 Å². The predicted octanol–water partition coefficient (Wildman–Crippen LogP) is -0.532. The van der Waals surface area contributed by atoms with Gasteiger partial charge in [0.1, 0.15) is 0 Å². The second-order valence-corrected chi connectivity index (χ2v) is 3.27. The molecule has 0 radical (unpaired) electrons. The van der Waals surface area contributed by atoms with Crippen LogP contribution in [0.3, 0.4) is 0 Å². The molecule has 0 saturated heterocycles. The van der Waals surface area contributed by atoms with Crippen LogP contribution in [0.1, 0.15) is 20.3 Å². The van der Waals surface area contributed by atoms with Gasteiger partial charge in [0.05, 0.1) is 0 Å². The molecule has 12 heavy (non-hydrogen) atoms. The molecule has 0 aliphatic heterocycles. The van der Waals surface area contributed by atoms with Crippen molar-refractivity contribution in [3.8, 4) is 0 Å². The van der Waals surface area contributed by atoms with Crippen molar-refractivity contribution in [2.24, 2.45) is 11.7 Å². The van der Waals surface area contributed by atoms with Gasteiger partial charge in [-0.15, -0.1) is 0 Å². The molecule has 0 aromatic heterocycles. The highest BCUT2D eigenvalue weighted by atomic mass is 16.3. The standard InChI is InChI=1S/C8H18N2O2/c1-6(5-11)4-10-7(2)3-8(9)12/h6-7,10-11H,3-5H2,1-2H3,(H2,9,12). The quantitative estimate of drug-likeness (QED) is 0.506. The van der Waals surface area contributed by atoms with E-state index < -0.39 is 0 Å². The minimum atomic E-state index is -0.299. The Morgan fingerprint density at radius 1 is 1.58 bits per heavy atom. The van der Waals surface area contributed by atoms with Gasteiger partial charge in [0.15, 0.2) is 0 Å². The molecule has 0 fully saturated rings. The molecule has 4 nitrogen and oxygen atoms in total. The number of nitrogens with one attached hydrogen (secondary N) is 1. The van der Waals surface area contributed by atoms with Crippen molar-refractivity contribution in [2.75, 3.05) is 13.2 Å². The smallest absolute Gasteiger partial charge is 0.218 e. The number of carbonyl (C=O) groups excluding carboxylic acids is 1. The fraction of sp³-hybridized carbons (Fsp3) is 0.875. The molecule has 0 saturated carbocycles. The van der Waals surface area contributed by atoms with Gasteiger partial charge >= 0.3 is 0 Å². The molecule has 4 N–H and O–H groups in total. The van der Waals surface area contributed by atoms with Crippen molar-refractivity contribution in [1.82, 2.24) is 5.32 Å². The Morgan fingerprint density at radius 3 is 2.58 bits per heavy atom. The molecule has 0 heterocycles. The lowest BCUT2D eigenvalue weighted by Gasteiger charge is -2.14. The van der Waals surface area contributed by atoms with Gasteiger partial charge < -0.3 is 16.2 Å². The highest BCUT2D eigenvalue weighted by molar-refractivity contribution is 5.74. The average Bonchev–Trinajstić information content (AvgIpc) is 1.99. The van der Waals surface area contributed by atoms with Crippen molar-refractivity contribution in [3.05, 3.63) is 0 Å². The fourth-order valence-corrected chi connectivity index (χ4v) is 0.841. The van der Waals surface area contributed by atoms with Crippen molar-refractivity contribution in [1.29, 1.82) is 0 Å². The van der Waals surface area contributed by atoms with E-state index in [-0.39, 0.29) is 24.5 Å². The van der Waals surface area contributed by atoms with Crippen LogP contribution in [-0.4, -0.2) is 30.2 Å². The maximum Gasteiger partial charge on any atom is 0.218 e. The Morgan fingerprint density at radius 2 is 2.17 bits per heavy atom. The third-order valence-electron chi connectivity index (χ3n) is 1.63. The first-order valence-corrected chi connectivity index (χ1v) is 4.18. The normalized spacial score (nSPS) is 15.6. The third-order valence-corrected chi connectivity index (χ3v) is 1.63. The number of amides is 1. The van der Waals surface area contributed by atoms with Crippen LogP contribution in [0.5, 0.6) is 0 Å². The van der Waals surface area contributed by atoms with Crippen LogP contribution in [0.2, 0.25) is 0 Å². The number of carbonyl (C=O) groups is 1. The zero-order valence-corrected chi connectivity index (χ0v) is 7.71. The number of primary amides is 1. The summed E-state index contributed by atoms with van der Waals surface area (Å²) in [6, 6.07) is 0.0940.